The van der Waals surface area contributed by atoms with Crippen molar-refractivity contribution >= 4 is 5.97 Å². The van der Waals surface area contributed by atoms with Crippen LogP contribution in [0.2, 0.25) is 0 Å². The van der Waals surface area contributed by atoms with Crippen molar-refractivity contribution in [1.82, 2.24) is 0 Å². The Morgan fingerprint density at radius 2 is 1.39 bits per heavy atom. The zero-order valence-corrected chi connectivity index (χ0v) is 12.1. The summed E-state index contributed by atoms with van der Waals surface area (Å²) in [7, 11) is 0. The predicted octanol–water partition coefficient (Wildman–Crippen LogP) is 4.88. The van der Waals surface area contributed by atoms with Gasteiger partial charge in [0.15, 0.2) is 0 Å². The number of carbonyl (C=O) groups is 1. The van der Waals surface area contributed by atoms with E-state index in [0.29, 0.717) is 0 Å². The maximum absolute atomic E-state index is 10.4. The van der Waals surface area contributed by atoms with Crippen molar-refractivity contribution in [2.24, 2.45) is 0 Å². The highest BCUT2D eigenvalue weighted by atomic mass is 16.4. The predicted molar refractivity (Wildman–Crippen MR) is 77.7 cm³/mol. The van der Waals surface area contributed by atoms with Gasteiger partial charge in [-0.05, 0) is 53.4 Å². The van der Waals surface area contributed by atoms with Crippen molar-refractivity contribution in [2.45, 2.75) is 59.8 Å². The van der Waals surface area contributed by atoms with Crippen molar-refractivity contribution in [3.05, 3.63) is 34.9 Å². The average molecular weight is 250 g/mol. The largest absolute Gasteiger partial charge is 0.481 e. The Hall–Kier alpha value is -1.31. The van der Waals surface area contributed by atoms with Crippen LogP contribution in [-0.4, -0.2) is 11.1 Å². The molecule has 2 nitrogen and oxygen atoms in total. The third kappa shape index (κ3) is 11.2. The van der Waals surface area contributed by atoms with Crippen LogP contribution in [0.25, 0.3) is 0 Å². The van der Waals surface area contributed by atoms with Crippen LogP contribution in [-0.2, 0) is 4.79 Å². The van der Waals surface area contributed by atoms with Gasteiger partial charge in [0.2, 0.25) is 0 Å². The van der Waals surface area contributed by atoms with Crippen molar-refractivity contribution in [2.75, 3.05) is 0 Å². The lowest BCUT2D eigenvalue weighted by molar-refractivity contribution is -0.136. The van der Waals surface area contributed by atoms with Crippen LogP contribution in [0.5, 0.6) is 0 Å². The summed E-state index contributed by atoms with van der Waals surface area (Å²) in [4.78, 5) is 10.4. The Bertz CT molecular complexity index is 342. The molecule has 0 amide bonds. The average Bonchev–Trinajstić information content (AvgIpc) is 2.25. The summed E-state index contributed by atoms with van der Waals surface area (Å²) in [6.45, 7) is 8.40. The van der Waals surface area contributed by atoms with Crippen molar-refractivity contribution in [3.8, 4) is 0 Å². The van der Waals surface area contributed by atoms with E-state index >= 15 is 0 Å². The first-order valence-electron chi connectivity index (χ1n) is 6.58. The van der Waals surface area contributed by atoms with Gasteiger partial charge in [0.1, 0.15) is 0 Å². The van der Waals surface area contributed by atoms with Crippen LogP contribution in [0.4, 0.5) is 0 Å². The van der Waals surface area contributed by atoms with E-state index in [9.17, 15) is 4.79 Å². The minimum Gasteiger partial charge on any atom is -0.481 e. The van der Waals surface area contributed by atoms with Crippen molar-refractivity contribution in [1.29, 1.82) is 0 Å². The molecule has 18 heavy (non-hydrogen) atoms. The molecule has 0 bridgehead atoms. The first-order chi connectivity index (χ1) is 8.41. The maximum Gasteiger partial charge on any atom is 0.307 e. The summed E-state index contributed by atoms with van der Waals surface area (Å²) < 4.78 is 0. The Morgan fingerprint density at radius 3 is 1.89 bits per heavy atom. The molecule has 2 heteroatoms. The van der Waals surface area contributed by atoms with Gasteiger partial charge in [-0.1, -0.05) is 34.9 Å². The van der Waals surface area contributed by atoms with Gasteiger partial charge >= 0.3 is 5.97 Å². The topological polar surface area (TPSA) is 37.3 Å². The first-order valence-corrected chi connectivity index (χ1v) is 6.58. The Kier molecular flexibility index (Phi) is 8.99. The third-order valence-corrected chi connectivity index (χ3v) is 2.75. The molecule has 0 aromatic rings. The zero-order valence-electron chi connectivity index (χ0n) is 12.1. The highest BCUT2D eigenvalue weighted by Crippen LogP contribution is 2.11. The van der Waals surface area contributed by atoms with Gasteiger partial charge in [0.25, 0.3) is 0 Å². The molecule has 0 heterocycles. The molecule has 0 radical (unpaired) electrons. The molecule has 0 aromatic carbocycles. The van der Waals surface area contributed by atoms with Gasteiger partial charge in [-0.15, -0.1) is 0 Å². The second-order valence-electron chi connectivity index (χ2n) is 5.06. The molecular weight excluding hydrogens is 224 g/mol. The van der Waals surface area contributed by atoms with Gasteiger partial charge in [-0.25, -0.2) is 0 Å². The molecule has 0 aliphatic heterocycles. The molecule has 102 valence electrons. The van der Waals surface area contributed by atoms with E-state index < -0.39 is 5.97 Å². The third-order valence-electron chi connectivity index (χ3n) is 2.75. The second kappa shape index (κ2) is 9.69. The lowest BCUT2D eigenvalue weighted by Gasteiger charge is -2.01. The Morgan fingerprint density at radius 1 is 0.889 bits per heavy atom. The molecule has 0 saturated carbocycles. The summed E-state index contributed by atoms with van der Waals surface area (Å²) in [5, 5.41) is 8.56. The normalized spacial score (nSPS) is 12.4. The fourth-order valence-electron chi connectivity index (χ4n) is 1.60. The highest BCUT2D eigenvalue weighted by Gasteiger charge is 1.94. The molecule has 1 N–H and O–H groups in total. The number of aliphatic carboxylic acids is 1. The Balaban J connectivity index is 3.89. The van der Waals surface area contributed by atoms with E-state index in [4.69, 9.17) is 5.11 Å². The summed E-state index contributed by atoms with van der Waals surface area (Å²) >= 11 is 0. The van der Waals surface area contributed by atoms with Gasteiger partial charge in [-0.3, -0.25) is 4.79 Å². The number of rotatable bonds is 8. The van der Waals surface area contributed by atoms with Crippen molar-refractivity contribution in [3.63, 3.8) is 0 Å². The van der Waals surface area contributed by atoms with Crippen LogP contribution < -0.4 is 0 Å². The molecule has 0 aliphatic rings. The van der Waals surface area contributed by atoms with Crippen LogP contribution in [0.1, 0.15) is 59.8 Å². The molecule has 0 unspecified atom stereocenters. The molecule has 0 fully saturated rings. The quantitative estimate of drug-likeness (QED) is 0.623. The number of carboxylic acids is 1. The number of hydrogen-bond acceptors (Lipinski definition) is 1. The maximum atomic E-state index is 10.4. The van der Waals surface area contributed by atoms with E-state index in [1.807, 2.05) is 6.92 Å². The van der Waals surface area contributed by atoms with E-state index in [1.54, 1.807) is 6.08 Å². The number of hydrogen-bond donors (Lipinski definition) is 1. The SMILES string of the molecule is CC(C)=CCC/C(C)=C/CC/C(C)=C\CC(=O)O. The van der Waals surface area contributed by atoms with Crippen LogP contribution in [0, 0.1) is 0 Å². The summed E-state index contributed by atoms with van der Waals surface area (Å²) in [6, 6.07) is 0. The first kappa shape index (κ1) is 16.7. The van der Waals surface area contributed by atoms with Crippen LogP contribution >= 0.6 is 0 Å². The zero-order chi connectivity index (χ0) is 14.0. The fourth-order valence-corrected chi connectivity index (χ4v) is 1.60. The lowest BCUT2D eigenvalue weighted by atomic mass is 10.1. The number of carboxylic acid groups (broad SMARTS) is 1. The van der Waals surface area contributed by atoms with Crippen LogP contribution in [0.3, 0.4) is 0 Å². The van der Waals surface area contributed by atoms with Gasteiger partial charge < -0.3 is 5.11 Å². The standard InChI is InChI=1S/C16H26O2/c1-13(2)7-5-8-14(3)9-6-10-15(4)11-12-16(17)18/h7,9,11H,5-6,8,10,12H2,1-4H3,(H,17,18)/b14-9+,15-11-. The van der Waals surface area contributed by atoms with Gasteiger partial charge in [0.05, 0.1) is 6.42 Å². The smallest absolute Gasteiger partial charge is 0.307 e. The van der Waals surface area contributed by atoms with Crippen molar-refractivity contribution < 1.29 is 9.90 Å². The summed E-state index contributed by atoms with van der Waals surface area (Å²) in [5.41, 5.74) is 3.94. The Labute approximate surface area is 111 Å². The molecule has 0 aromatic heterocycles. The second-order valence-corrected chi connectivity index (χ2v) is 5.06. The minimum absolute atomic E-state index is 0.134. The summed E-state index contributed by atoms with van der Waals surface area (Å²) in [6.07, 6.45) is 10.6. The minimum atomic E-state index is -0.761. The summed E-state index contributed by atoms with van der Waals surface area (Å²) in [5.74, 6) is -0.761. The lowest BCUT2D eigenvalue weighted by Crippen LogP contribution is -1.91. The van der Waals surface area contributed by atoms with E-state index in [0.717, 1.165) is 31.3 Å². The van der Waals surface area contributed by atoms with Gasteiger partial charge in [0, 0.05) is 0 Å². The highest BCUT2D eigenvalue weighted by molar-refractivity contribution is 5.68. The van der Waals surface area contributed by atoms with E-state index in [2.05, 4.69) is 32.9 Å². The monoisotopic (exact) mass is 250 g/mol. The molecule has 0 saturated heterocycles. The van der Waals surface area contributed by atoms with E-state index in [1.165, 1.54) is 11.1 Å². The molecule has 0 atom stereocenters. The molecule has 0 aliphatic carbocycles. The molecule has 0 rings (SSSR count). The molecule has 0 spiro atoms. The fraction of sp³-hybridized carbons (Fsp3) is 0.562. The molecular formula is C16H26O2. The van der Waals surface area contributed by atoms with E-state index in [-0.39, 0.29) is 6.42 Å². The number of allylic oxidation sites excluding steroid dienone is 5. The van der Waals surface area contributed by atoms with Crippen LogP contribution in [0.15, 0.2) is 34.9 Å². The van der Waals surface area contributed by atoms with Gasteiger partial charge in [-0.2, -0.15) is 0 Å².